The van der Waals surface area contributed by atoms with Crippen molar-refractivity contribution in [1.29, 1.82) is 0 Å². The van der Waals surface area contributed by atoms with Crippen LogP contribution in [-0.4, -0.2) is 17.8 Å². The van der Waals surface area contributed by atoms with Gasteiger partial charge in [-0.25, -0.2) is 0 Å². The SMILES string of the molecule is O=C(NCCCBr)c1ccccc1. The number of carbonyl (C=O) groups excluding carboxylic acids is 1. The molecule has 0 radical (unpaired) electrons. The van der Waals surface area contributed by atoms with Crippen molar-refractivity contribution in [2.75, 3.05) is 11.9 Å². The van der Waals surface area contributed by atoms with E-state index in [1.54, 1.807) is 0 Å². The lowest BCUT2D eigenvalue weighted by atomic mass is 10.2. The molecule has 0 spiro atoms. The van der Waals surface area contributed by atoms with Crippen LogP contribution in [0.4, 0.5) is 0 Å². The highest BCUT2D eigenvalue weighted by Crippen LogP contribution is 1.97. The summed E-state index contributed by atoms with van der Waals surface area (Å²) in [5.41, 5.74) is 0.720. The number of nitrogens with one attached hydrogen (secondary N) is 1. The highest BCUT2D eigenvalue weighted by Gasteiger charge is 2.01. The lowest BCUT2D eigenvalue weighted by molar-refractivity contribution is 0.0954. The van der Waals surface area contributed by atoms with E-state index in [9.17, 15) is 4.79 Å². The minimum atomic E-state index is 0.00144. The van der Waals surface area contributed by atoms with E-state index in [1.807, 2.05) is 30.3 Å². The van der Waals surface area contributed by atoms with E-state index in [2.05, 4.69) is 21.2 Å². The van der Waals surface area contributed by atoms with E-state index in [1.165, 1.54) is 0 Å². The van der Waals surface area contributed by atoms with Crippen molar-refractivity contribution in [2.24, 2.45) is 0 Å². The summed E-state index contributed by atoms with van der Waals surface area (Å²) in [6.45, 7) is 0.721. The Balaban J connectivity index is 2.40. The Kier molecular flexibility index (Phi) is 4.54. The van der Waals surface area contributed by atoms with Gasteiger partial charge in [0.05, 0.1) is 0 Å². The average molecular weight is 242 g/mol. The van der Waals surface area contributed by atoms with E-state index in [0.29, 0.717) is 0 Å². The molecular formula is C10H12BrNO. The lowest BCUT2D eigenvalue weighted by Crippen LogP contribution is -2.24. The van der Waals surface area contributed by atoms with E-state index in [-0.39, 0.29) is 5.91 Å². The Bertz CT molecular complexity index is 261. The molecule has 0 fully saturated rings. The van der Waals surface area contributed by atoms with Gasteiger partial charge in [0.1, 0.15) is 0 Å². The first-order valence-electron chi connectivity index (χ1n) is 4.24. The van der Waals surface area contributed by atoms with Gasteiger partial charge >= 0.3 is 0 Å². The van der Waals surface area contributed by atoms with Crippen LogP contribution in [0.15, 0.2) is 30.3 Å². The van der Waals surface area contributed by atoms with E-state index in [4.69, 9.17) is 0 Å². The van der Waals surface area contributed by atoms with Gasteiger partial charge in [0.25, 0.3) is 5.91 Å². The fourth-order valence-corrected chi connectivity index (χ4v) is 1.24. The van der Waals surface area contributed by atoms with Gasteiger partial charge < -0.3 is 5.32 Å². The summed E-state index contributed by atoms with van der Waals surface area (Å²) in [5.74, 6) is 0.00144. The van der Waals surface area contributed by atoms with Crippen molar-refractivity contribution in [2.45, 2.75) is 6.42 Å². The van der Waals surface area contributed by atoms with Gasteiger partial charge in [-0.2, -0.15) is 0 Å². The Morgan fingerprint density at radius 1 is 1.31 bits per heavy atom. The number of alkyl halides is 1. The molecule has 1 N–H and O–H groups in total. The van der Waals surface area contributed by atoms with E-state index in [0.717, 1.165) is 23.9 Å². The minimum Gasteiger partial charge on any atom is -0.352 e. The number of halogens is 1. The van der Waals surface area contributed by atoms with Crippen LogP contribution >= 0.6 is 15.9 Å². The van der Waals surface area contributed by atoms with Crippen LogP contribution in [0, 0.1) is 0 Å². The first-order valence-corrected chi connectivity index (χ1v) is 5.36. The van der Waals surface area contributed by atoms with Crippen LogP contribution in [0.1, 0.15) is 16.8 Å². The molecule has 0 saturated carbocycles. The van der Waals surface area contributed by atoms with E-state index >= 15 is 0 Å². The molecule has 0 heterocycles. The van der Waals surface area contributed by atoms with Crippen molar-refractivity contribution in [3.05, 3.63) is 35.9 Å². The third kappa shape index (κ3) is 3.59. The second-order valence-corrected chi connectivity index (χ2v) is 3.46. The standard InChI is InChI=1S/C10H12BrNO/c11-7-4-8-12-10(13)9-5-2-1-3-6-9/h1-3,5-6H,4,7-8H2,(H,12,13). The van der Waals surface area contributed by atoms with Crippen LogP contribution < -0.4 is 5.32 Å². The highest BCUT2D eigenvalue weighted by molar-refractivity contribution is 9.09. The Hall–Kier alpha value is -0.830. The summed E-state index contributed by atoms with van der Waals surface area (Å²) in [4.78, 5) is 11.4. The average Bonchev–Trinajstić information content (AvgIpc) is 2.19. The summed E-state index contributed by atoms with van der Waals surface area (Å²) >= 11 is 3.30. The zero-order chi connectivity index (χ0) is 9.52. The zero-order valence-corrected chi connectivity index (χ0v) is 8.88. The normalized spacial score (nSPS) is 9.62. The first kappa shape index (κ1) is 10.3. The van der Waals surface area contributed by atoms with Crippen LogP contribution in [0.2, 0.25) is 0 Å². The summed E-state index contributed by atoms with van der Waals surface area (Å²) in [5, 5.41) is 3.75. The topological polar surface area (TPSA) is 29.1 Å². The molecule has 1 amide bonds. The summed E-state index contributed by atoms with van der Waals surface area (Å²) in [7, 11) is 0. The molecule has 1 rings (SSSR count). The smallest absolute Gasteiger partial charge is 0.251 e. The number of carbonyl (C=O) groups is 1. The van der Waals surface area contributed by atoms with Gasteiger partial charge in [-0.3, -0.25) is 4.79 Å². The molecule has 2 nitrogen and oxygen atoms in total. The van der Waals surface area contributed by atoms with Gasteiger partial charge in [0.2, 0.25) is 0 Å². The van der Waals surface area contributed by atoms with Gasteiger partial charge in [0.15, 0.2) is 0 Å². The highest BCUT2D eigenvalue weighted by atomic mass is 79.9. The molecule has 0 aliphatic carbocycles. The van der Waals surface area contributed by atoms with Crippen molar-refractivity contribution in [3.8, 4) is 0 Å². The maximum absolute atomic E-state index is 11.4. The van der Waals surface area contributed by atoms with Crippen LogP contribution in [0.25, 0.3) is 0 Å². The maximum Gasteiger partial charge on any atom is 0.251 e. The lowest BCUT2D eigenvalue weighted by Gasteiger charge is -2.02. The van der Waals surface area contributed by atoms with Crippen molar-refractivity contribution >= 4 is 21.8 Å². The van der Waals surface area contributed by atoms with E-state index < -0.39 is 0 Å². The monoisotopic (exact) mass is 241 g/mol. The van der Waals surface area contributed by atoms with Crippen molar-refractivity contribution < 1.29 is 4.79 Å². The van der Waals surface area contributed by atoms with Crippen molar-refractivity contribution in [3.63, 3.8) is 0 Å². The Morgan fingerprint density at radius 3 is 2.62 bits per heavy atom. The molecule has 0 aliphatic heterocycles. The second-order valence-electron chi connectivity index (χ2n) is 2.66. The molecule has 1 aromatic rings. The minimum absolute atomic E-state index is 0.00144. The van der Waals surface area contributed by atoms with Gasteiger partial charge in [-0.1, -0.05) is 34.1 Å². The van der Waals surface area contributed by atoms with Gasteiger partial charge in [-0.05, 0) is 18.6 Å². The predicted molar refractivity (Wildman–Crippen MR) is 57.2 cm³/mol. The Morgan fingerprint density at radius 2 is 2.00 bits per heavy atom. The molecule has 0 aromatic heterocycles. The molecule has 70 valence electrons. The zero-order valence-electron chi connectivity index (χ0n) is 7.29. The molecule has 0 bridgehead atoms. The van der Waals surface area contributed by atoms with Crippen LogP contribution in [-0.2, 0) is 0 Å². The molecule has 0 aliphatic rings. The fourth-order valence-electron chi connectivity index (χ4n) is 0.960. The van der Waals surface area contributed by atoms with Crippen LogP contribution in [0.3, 0.4) is 0 Å². The molecule has 0 unspecified atom stereocenters. The number of rotatable bonds is 4. The molecule has 0 atom stereocenters. The van der Waals surface area contributed by atoms with Crippen LogP contribution in [0.5, 0.6) is 0 Å². The molecular weight excluding hydrogens is 230 g/mol. The number of amides is 1. The quantitative estimate of drug-likeness (QED) is 0.636. The van der Waals surface area contributed by atoms with Gasteiger partial charge in [0, 0.05) is 17.4 Å². The summed E-state index contributed by atoms with van der Waals surface area (Å²) in [6, 6.07) is 9.24. The molecule has 0 saturated heterocycles. The van der Waals surface area contributed by atoms with Crippen molar-refractivity contribution in [1.82, 2.24) is 5.32 Å². The molecule has 13 heavy (non-hydrogen) atoms. The third-order valence-corrected chi connectivity index (χ3v) is 2.19. The number of hydrogen-bond donors (Lipinski definition) is 1. The maximum atomic E-state index is 11.4. The predicted octanol–water partition coefficient (Wildman–Crippen LogP) is 2.20. The summed E-state index contributed by atoms with van der Waals surface area (Å²) < 4.78 is 0. The number of hydrogen-bond acceptors (Lipinski definition) is 1. The van der Waals surface area contributed by atoms with Gasteiger partial charge in [-0.15, -0.1) is 0 Å². The number of benzene rings is 1. The summed E-state index contributed by atoms with van der Waals surface area (Å²) in [6.07, 6.45) is 0.957. The molecule has 1 aromatic carbocycles. The Labute approximate surface area is 86.5 Å². The third-order valence-electron chi connectivity index (χ3n) is 1.63. The largest absolute Gasteiger partial charge is 0.352 e. The second kappa shape index (κ2) is 5.75. The molecule has 3 heteroatoms. The fraction of sp³-hybridized carbons (Fsp3) is 0.300. The first-order chi connectivity index (χ1) is 6.34.